The lowest BCUT2D eigenvalue weighted by Gasteiger charge is -2.28. The summed E-state index contributed by atoms with van der Waals surface area (Å²) in [6.07, 6.45) is -1.55. The number of anilines is 1. The first-order valence-corrected chi connectivity index (χ1v) is 19.7. The molecule has 3 atom stereocenters. The highest BCUT2D eigenvalue weighted by Crippen LogP contribution is 2.48. The van der Waals surface area contributed by atoms with Crippen molar-refractivity contribution in [1.82, 2.24) is 15.6 Å². The van der Waals surface area contributed by atoms with E-state index >= 15 is 0 Å². The number of esters is 2. The first kappa shape index (κ1) is 44.2. The topological polar surface area (TPSA) is 194 Å². The van der Waals surface area contributed by atoms with Crippen molar-refractivity contribution in [2.75, 3.05) is 12.4 Å². The van der Waals surface area contributed by atoms with Gasteiger partial charge in [0.2, 0.25) is 5.89 Å². The van der Waals surface area contributed by atoms with Crippen molar-refractivity contribution >= 4 is 51.6 Å². The number of carbonyl (C=O) groups is 5. The molecule has 3 N–H and O–H groups in total. The molecule has 1 aliphatic heterocycles. The van der Waals surface area contributed by atoms with Crippen LogP contribution in [0.5, 0.6) is 5.75 Å². The minimum atomic E-state index is -2.15. The highest BCUT2D eigenvalue weighted by atomic mass is 79.9. The maximum Gasteiger partial charge on any atom is 0.408 e. The quantitative estimate of drug-likeness (QED) is 0.0870. The van der Waals surface area contributed by atoms with E-state index in [-0.39, 0.29) is 42.0 Å². The number of nitrogens with zero attached hydrogens (tertiary/aromatic N) is 1. The summed E-state index contributed by atoms with van der Waals surface area (Å²) in [6.45, 7) is 13.9. The van der Waals surface area contributed by atoms with E-state index < -0.39 is 58.9 Å². The van der Waals surface area contributed by atoms with Crippen LogP contribution in [0.15, 0.2) is 81.7 Å². The van der Waals surface area contributed by atoms with E-state index in [9.17, 15) is 24.0 Å². The lowest BCUT2D eigenvalue weighted by atomic mass is 9.90. The van der Waals surface area contributed by atoms with Crippen LogP contribution < -0.4 is 20.7 Å². The molecule has 314 valence electrons. The van der Waals surface area contributed by atoms with Gasteiger partial charge in [0, 0.05) is 16.5 Å². The Kier molecular flexibility index (Phi) is 13.4. The molecule has 4 aromatic rings. The van der Waals surface area contributed by atoms with Crippen molar-refractivity contribution < 1.29 is 52.1 Å². The first-order valence-electron chi connectivity index (χ1n) is 18.9. The number of hydrogen-bond donors (Lipinski definition) is 3. The van der Waals surface area contributed by atoms with Crippen molar-refractivity contribution in [3.63, 3.8) is 0 Å². The summed E-state index contributed by atoms with van der Waals surface area (Å²) in [5, 5.41) is 8.23. The van der Waals surface area contributed by atoms with Crippen LogP contribution in [0.25, 0.3) is 0 Å². The Morgan fingerprint density at radius 1 is 0.847 bits per heavy atom. The van der Waals surface area contributed by atoms with Gasteiger partial charge in [-0.05, 0) is 92.7 Å². The van der Waals surface area contributed by atoms with Crippen LogP contribution in [0, 0.1) is 5.92 Å². The number of methoxy groups -OCH3 is 1. The van der Waals surface area contributed by atoms with Crippen LogP contribution >= 0.6 is 15.9 Å². The Balaban J connectivity index is 1.51. The Bertz CT molecular complexity index is 2180. The number of aromatic nitrogens is 1. The Morgan fingerprint density at radius 2 is 1.51 bits per heavy atom. The molecular weight excluding hydrogens is 828 g/mol. The number of rotatable bonds is 13. The third-order valence-corrected chi connectivity index (χ3v) is 9.39. The zero-order valence-electron chi connectivity index (χ0n) is 34.4. The van der Waals surface area contributed by atoms with Crippen molar-refractivity contribution in [1.29, 1.82) is 0 Å². The van der Waals surface area contributed by atoms with Gasteiger partial charge in [0.15, 0.2) is 11.5 Å². The van der Waals surface area contributed by atoms with Crippen molar-refractivity contribution in [2.45, 2.75) is 97.3 Å². The summed E-state index contributed by atoms with van der Waals surface area (Å²) >= 11 is 3.50. The van der Waals surface area contributed by atoms with Gasteiger partial charge in [-0.25, -0.2) is 24.2 Å². The molecule has 1 unspecified atom stereocenters. The fraction of sp³-hybridized carbons (Fsp3) is 0.395. The number of oxazole rings is 1. The summed E-state index contributed by atoms with van der Waals surface area (Å²) in [6, 6.07) is 18.6. The van der Waals surface area contributed by atoms with E-state index in [1.165, 1.54) is 0 Å². The minimum Gasteiger partial charge on any atom is -0.464 e. The van der Waals surface area contributed by atoms with Crippen LogP contribution in [0.2, 0.25) is 0 Å². The number of benzene rings is 3. The molecule has 3 amide bonds. The van der Waals surface area contributed by atoms with Crippen molar-refractivity contribution in [3.8, 4) is 5.75 Å². The Morgan fingerprint density at radius 3 is 2.12 bits per heavy atom. The number of hydrogen-bond acceptors (Lipinski definition) is 12. The summed E-state index contributed by atoms with van der Waals surface area (Å²) in [5.41, 5.74) is -2.13. The molecule has 0 radical (unpaired) electrons. The summed E-state index contributed by atoms with van der Waals surface area (Å²) in [4.78, 5) is 71.4. The van der Waals surface area contributed by atoms with E-state index in [2.05, 4.69) is 36.9 Å². The van der Waals surface area contributed by atoms with Gasteiger partial charge >= 0.3 is 24.1 Å². The standard InChI is InChI=1S/C43H49BrN4O11/c1-24(2)31(48-40(53)59-42(6,7)8)35-46-33(37(50)54-9)34(56-35)43(28-16-13-17-29(44)32(28)47-38(43)51)57-27-20-18-25(19-21-27)22-30(36(49)58-41(3,4)5)45-39(52)55-23-26-14-11-10-12-15-26/h10-21,24,30-31H,22-23H2,1-9H3,(H,45,52)(H,47,51)(H,48,53)/t30-,31-,43?/m0/s1. The number of fused-ring (bicyclic) bond motifs is 1. The zero-order valence-corrected chi connectivity index (χ0v) is 36.0. The van der Waals surface area contributed by atoms with Crippen LogP contribution in [0.1, 0.15) is 100 Å². The molecule has 0 saturated heterocycles. The number of nitrogens with one attached hydrogen (secondary N) is 3. The van der Waals surface area contributed by atoms with Gasteiger partial charge in [-0.15, -0.1) is 0 Å². The third kappa shape index (κ3) is 10.8. The maximum atomic E-state index is 14.4. The van der Waals surface area contributed by atoms with Gasteiger partial charge in [0.1, 0.15) is 35.6 Å². The van der Waals surface area contributed by atoms with E-state index in [4.69, 9.17) is 28.1 Å². The van der Waals surface area contributed by atoms with E-state index in [1.807, 2.05) is 44.2 Å². The maximum absolute atomic E-state index is 14.4. The van der Waals surface area contributed by atoms with Gasteiger partial charge < -0.3 is 44.1 Å². The monoisotopic (exact) mass is 876 g/mol. The Hall–Kier alpha value is -5.90. The molecule has 0 bridgehead atoms. The molecule has 0 fully saturated rings. The van der Waals surface area contributed by atoms with E-state index in [0.717, 1.165) is 12.7 Å². The number of alkyl carbamates (subject to hydrolysis) is 2. The van der Waals surface area contributed by atoms with Gasteiger partial charge in [0.05, 0.1) is 12.8 Å². The highest BCUT2D eigenvalue weighted by Gasteiger charge is 2.57. The van der Waals surface area contributed by atoms with E-state index in [0.29, 0.717) is 21.3 Å². The highest BCUT2D eigenvalue weighted by molar-refractivity contribution is 9.10. The molecule has 16 heteroatoms. The second kappa shape index (κ2) is 17.9. The lowest BCUT2D eigenvalue weighted by Crippen LogP contribution is -2.45. The molecule has 5 rings (SSSR count). The summed E-state index contributed by atoms with van der Waals surface area (Å²) in [7, 11) is 1.16. The molecular formula is C43H49BrN4O11. The molecule has 2 heterocycles. The van der Waals surface area contributed by atoms with Gasteiger partial charge in [-0.1, -0.05) is 68.4 Å². The second-order valence-corrected chi connectivity index (χ2v) is 17.0. The largest absolute Gasteiger partial charge is 0.464 e. The van der Waals surface area contributed by atoms with Crippen molar-refractivity contribution in [2.24, 2.45) is 5.92 Å². The fourth-order valence-electron chi connectivity index (χ4n) is 6.11. The zero-order chi connectivity index (χ0) is 43.3. The Labute approximate surface area is 351 Å². The lowest BCUT2D eigenvalue weighted by molar-refractivity contribution is -0.157. The summed E-state index contributed by atoms with van der Waals surface area (Å²) < 4.78 is 35.1. The SMILES string of the molecule is COC(=O)c1nc([C@@H](NC(=O)OC(C)(C)C)C(C)C)oc1C1(Oc2ccc(C[C@H](NC(=O)OCc3ccccc3)C(=O)OC(C)(C)C)cc2)C(=O)Nc2c(Br)cccc21. The predicted molar refractivity (Wildman–Crippen MR) is 219 cm³/mol. The van der Waals surface area contributed by atoms with Crippen LogP contribution in [-0.2, 0) is 47.2 Å². The number of halogens is 1. The number of para-hydroxylation sites is 1. The minimum absolute atomic E-state index is 0.00245. The van der Waals surface area contributed by atoms with Gasteiger partial charge in [-0.2, -0.15) is 0 Å². The third-order valence-electron chi connectivity index (χ3n) is 8.73. The normalized spacial score (nSPS) is 15.9. The summed E-state index contributed by atoms with van der Waals surface area (Å²) in [5.74, 6) is -2.87. The van der Waals surface area contributed by atoms with Gasteiger partial charge in [-0.3, -0.25) is 4.79 Å². The average Bonchev–Trinajstić information content (AvgIpc) is 3.72. The first-order chi connectivity index (χ1) is 27.7. The van der Waals surface area contributed by atoms with E-state index in [1.54, 1.807) is 84.0 Å². The molecule has 0 aliphatic carbocycles. The van der Waals surface area contributed by atoms with Crippen LogP contribution in [0.3, 0.4) is 0 Å². The molecule has 15 nitrogen and oxygen atoms in total. The molecule has 0 spiro atoms. The number of ether oxygens (including phenoxy) is 5. The van der Waals surface area contributed by atoms with Gasteiger partial charge in [0.25, 0.3) is 11.5 Å². The van der Waals surface area contributed by atoms with Crippen LogP contribution in [-0.4, -0.2) is 59.4 Å². The fourth-order valence-corrected chi connectivity index (χ4v) is 6.58. The molecule has 0 saturated carbocycles. The number of amides is 3. The predicted octanol–water partition coefficient (Wildman–Crippen LogP) is 7.90. The average molecular weight is 878 g/mol. The molecule has 3 aromatic carbocycles. The van der Waals surface area contributed by atoms with Crippen LogP contribution in [0.4, 0.5) is 15.3 Å². The molecule has 1 aromatic heterocycles. The number of carbonyl (C=O) groups excluding carboxylic acids is 5. The molecule has 1 aliphatic rings. The smallest absolute Gasteiger partial charge is 0.408 e. The second-order valence-electron chi connectivity index (χ2n) is 16.1. The van der Waals surface area contributed by atoms with Crippen molar-refractivity contribution in [3.05, 3.63) is 111 Å². The molecule has 59 heavy (non-hydrogen) atoms.